The van der Waals surface area contributed by atoms with Crippen LogP contribution in [0.15, 0.2) is 24.3 Å². The van der Waals surface area contributed by atoms with E-state index < -0.39 is 0 Å². The molecule has 2 N–H and O–H groups in total. The van der Waals surface area contributed by atoms with Crippen molar-refractivity contribution in [1.82, 2.24) is 0 Å². The number of nitrogens with zero attached hydrogens (tertiary/aromatic N) is 1. The standard InChI is InChI=1S/C13H17N3O/c1-13(2,3)12(14)16-8-11(17)15-9-6-4-5-7-10(9)16/h4-7,14H,8H2,1-3H3,(H,15,17). The van der Waals surface area contributed by atoms with Crippen LogP contribution in [0, 0.1) is 10.8 Å². The second-order valence-corrected chi connectivity index (χ2v) is 5.25. The maximum absolute atomic E-state index is 11.6. The number of nitrogens with one attached hydrogen (secondary N) is 2. The van der Waals surface area contributed by atoms with Gasteiger partial charge in [0.2, 0.25) is 5.91 Å². The topological polar surface area (TPSA) is 56.2 Å². The molecule has 0 saturated carbocycles. The predicted molar refractivity (Wildman–Crippen MR) is 69.6 cm³/mol. The van der Waals surface area contributed by atoms with Gasteiger partial charge in [0.25, 0.3) is 0 Å². The van der Waals surface area contributed by atoms with E-state index in [1.54, 1.807) is 4.90 Å². The molecule has 1 amide bonds. The summed E-state index contributed by atoms with van der Waals surface area (Å²) in [7, 11) is 0. The van der Waals surface area contributed by atoms with Crippen molar-refractivity contribution in [2.24, 2.45) is 5.41 Å². The Kier molecular flexibility index (Phi) is 2.65. The second kappa shape index (κ2) is 3.87. The van der Waals surface area contributed by atoms with Gasteiger partial charge in [-0.3, -0.25) is 10.2 Å². The lowest BCUT2D eigenvalue weighted by Crippen LogP contribution is -2.46. The maximum Gasteiger partial charge on any atom is 0.244 e. The fourth-order valence-corrected chi connectivity index (χ4v) is 1.84. The fourth-order valence-electron chi connectivity index (χ4n) is 1.84. The number of amidine groups is 1. The normalized spacial score (nSPS) is 15.2. The molecular weight excluding hydrogens is 214 g/mol. The van der Waals surface area contributed by atoms with E-state index in [9.17, 15) is 4.79 Å². The van der Waals surface area contributed by atoms with Gasteiger partial charge in [0.05, 0.1) is 11.4 Å². The largest absolute Gasteiger partial charge is 0.323 e. The van der Waals surface area contributed by atoms with Crippen LogP contribution < -0.4 is 10.2 Å². The maximum atomic E-state index is 11.6. The van der Waals surface area contributed by atoms with Crippen LogP contribution in [0.2, 0.25) is 0 Å². The number of anilines is 2. The summed E-state index contributed by atoms with van der Waals surface area (Å²) in [4.78, 5) is 13.4. The quantitative estimate of drug-likeness (QED) is 0.532. The molecule has 2 rings (SSSR count). The Morgan fingerprint density at radius 2 is 2.00 bits per heavy atom. The lowest BCUT2D eigenvalue weighted by atomic mass is 9.93. The zero-order valence-corrected chi connectivity index (χ0v) is 10.4. The monoisotopic (exact) mass is 231 g/mol. The van der Waals surface area contributed by atoms with Crippen molar-refractivity contribution < 1.29 is 4.79 Å². The van der Waals surface area contributed by atoms with E-state index in [0.29, 0.717) is 5.84 Å². The lowest BCUT2D eigenvalue weighted by Gasteiger charge is -2.36. The molecule has 1 aliphatic rings. The Bertz CT molecular complexity index is 474. The molecule has 0 aliphatic carbocycles. The number of fused-ring (bicyclic) bond motifs is 1. The molecule has 0 saturated heterocycles. The van der Waals surface area contributed by atoms with E-state index in [4.69, 9.17) is 5.41 Å². The highest BCUT2D eigenvalue weighted by Gasteiger charge is 2.30. The van der Waals surface area contributed by atoms with Crippen LogP contribution in [0.1, 0.15) is 20.8 Å². The zero-order chi connectivity index (χ0) is 12.6. The molecule has 1 aromatic carbocycles. The molecule has 0 fully saturated rings. The molecule has 1 aliphatic heterocycles. The van der Waals surface area contributed by atoms with Crippen molar-refractivity contribution in [3.8, 4) is 0 Å². The van der Waals surface area contributed by atoms with E-state index in [-0.39, 0.29) is 17.9 Å². The summed E-state index contributed by atoms with van der Waals surface area (Å²) in [6.45, 7) is 6.15. The van der Waals surface area contributed by atoms with Crippen LogP contribution in [0.25, 0.3) is 0 Å². The van der Waals surface area contributed by atoms with Crippen molar-refractivity contribution in [3.63, 3.8) is 0 Å². The summed E-state index contributed by atoms with van der Waals surface area (Å²) < 4.78 is 0. The van der Waals surface area contributed by atoms with Crippen molar-refractivity contribution in [2.45, 2.75) is 20.8 Å². The minimum atomic E-state index is -0.273. The molecule has 0 aromatic heterocycles. The number of carbonyl (C=O) groups is 1. The lowest BCUT2D eigenvalue weighted by molar-refractivity contribution is -0.115. The van der Waals surface area contributed by atoms with E-state index in [0.717, 1.165) is 11.4 Å². The number of carbonyl (C=O) groups excluding carboxylic acids is 1. The molecular formula is C13H17N3O. The summed E-state index contributed by atoms with van der Waals surface area (Å²) in [5, 5.41) is 11.0. The van der Waals surface area contributed by atoms with Crippen LogP contribution in [-0.2, 0) is 4.79 Å². The Morgan fingerprint density at radius 1 is 1.35 bits per heavy atom. The first-order valence-electron chi connectivity index (χ1n) is 5.65. The minimum Gasteiger partial charge on any atom is -0.323 e. The van der Waals surface area contributed by atoms with Gasteiger partial charge in [-0.25, -0.2) is 0 Å². The predicted octanol–water partition coefficient (Wildman–Crippen LogP) is 2.47. The fraction of sp³-hybridized carbons (Fsp3) is 0.385. The second-order valence-electron chi connectivity index (χ2n) is 5.25. The molecule has 17 heavy (non-hydrogen) atoms. The first kappa shape index (κ1) is 11.6. The van der Waals surface area contributed by atoms with Crippen LogP contribution >= 0.6 is 0 Å². The first-order chi connectivity index (χ1) is 7.89. The van der Waals surface area contributed by atoms with Gasteiger partial charge in [0, 0.05) is 5.41 Å². The summed E-state index contributed by atoms with van der Waals surface area (Å²) in [6.07, 6.45) is 0. The van der Waals surface area contributed by atoms with Crippen LogP contribution in [0.4, 0.5) is 11.4 Å². The van der Waals surface area contributed by atoms with Gasteiger partial charge < -0.3 is 10.2 Å². The van der Waals surface area contributed by atoms with Gasteiger partial charge in [-0.2, -0.15) is 0 Å². The van der Waals surface area contributed by atoms with E-state index in [2.05, 4.69) is 5.32 Å². The van der Waals surface area contributed by atoms with E-state index in [1.807, 2.05) is 45.0 Å². The molecule has 1 heterocycles. The van der Waals surface area contributed by atoms with Crippen LogP contribution in [-0.4, -0.2) is 18.3 Å². The van der Waals surface area contributed by atoms with Crippen LogP contribution in [0.5, 0.6) is 0 Å². The van der Waals surface area contributed by atoms with Crippen molar-refractivity contribution >= 4 is 23.1 Å². The molecule has 1 aromatic rings. The SMILES string of the molecule is CC(C)(C)C(=N)N1CC(=O)Nc2ccccc21. The van der Waals surface area contributed by atoms with Crippen LogP contribution in [0.3, 0.4) is 0 Å². The summed E-state index contributed by atoms with van der Waals surface area (Å²) >= 11 is 0. The first-order valence-corrected chi connectivity index (χ1v) is 5.65. The average Bonchev–Trinajstić information content (AvgIpc) is 2.25. The number of amides is 1. The molecule has 0 atom stereocenters. The highest BCUT2D eigenvalue weighted by molar-refractivity contribution is 6.11. The highest BCUT2D eigenvalue weighted by atomic mass is 16.2. The Balaban J connectivity index is 2.43. The van der Waals surface area contributed by atoms with Gasteiger partial charge in [-0.15, -0.1) is 0 Å². The third-order valence-corrected chi connectivity index (χ3v) is 2.75. The highest BCUT2D eigenvalue weighted by Crippen LogP contribution is 2.32. The van der Waals surface area contributed by atoms with Crippen molar-refractivity contribution in [2.75, 3.05) is 16.8 Å². The summed E-state index contributed by atoms with van der Waals surface area (Å²) in [6, 6.07) is 7.58. The summed E-state index contributed by atoms with van der Waals surface area (Å²) in [5.74, 6) is 0.387. The Labute approximate surface area is 101 Å². The van der Waals surface area contributed by atoms with Gasteiger partial charge >= 0.3 is 0 Å². The van der Waals surface area contributed by atoms with Gasteiger partial charge in [-0.05, 0) is 12.1 Å². The molecule has 0 spiro atoms. The number of hydrogen-bond donors (Lipinski definition) is 2. The van der Waals surface area contributed by atoms with E-state index >= 15 is 0 Å². The Morgan fingerprint density at radius 3 is 2.65 bits per heavy atom. The van der Waals surface area contributed by atoms with Gasteiger partial charge in [-0.1, -0.05) is 32.9 Å². The average molecular weight is 231 g/mol. The van der Waals surface area contributed by atoms with Crippen molar-refractivity contribution in [1.29, 1.82) is 5.41 Å². The third kappa shape index (κ3) is 2.16. The van der Waals surface area contributed by atoms with Gasteiger partial charge in [0.1, 0.15) is 12.4 Å². The smallest absolute Gasteiger partial charge is 0.244 e. The summed E-state index contributed by atoms with van der Waals surface area (Å²) in [5.41, 5.74) is 1.40. The third-order valence-electron chi connectivity index (χ3n) is 2.75. The number of benzene rings is 1. The van der Waals surface area contributed by atoms with Gasteiger partial charge in [0.15, 0.2) is 0 Å². The number of hydrogen-bond acceptors (Lipinski definition) is 2. The molecule has 4 nitrogen and oxygen atoms in total. The Hall–Kier alpha value is -1.84. The molecule has 0 radical (unpaired) electrons. The van der Waals surface area contributed by atoms with Crippen molar-refractivity contribution in [3.05, 3.63) is 24.3 Å². The molecule has 90 valence electrons. The number of para-hydroxylation sites is 2. The minimum absolute atomic E-state index is 0.0716. The number of rotatable bonds is 0. The zero-order valence-electron chi connectivity index (χ0n) is 10.4. The molecule has 4 heteroatoms. The van der Waals surface area contributed by atoms with E-state index in [1.165, 1.54) is 0 Å². The molecule has 0 unspecified atom stereocenters. The molecule has 0 bridgehead atoms.